The number of hydrogen-bond donors (Lipinski definition) is 2. The number of amides is 2. The highest BCUT2D eigenvalue weighted by atomic mass is 32.1. The molecule has 2 amide bonds. The largest absolute Gasteiger partial charge is 0.353 e. The highest BCUT2D eigenvalue weighted by Crippen LogP contribution is 2.26. The van der Waals surface area contributed by atoms with E-state index >= 15 is 0 Å². The lowest BCUT2D eigenvalue weighted by molar-refractivity contribution is -0.122. The first-order chi connectivity index (χ1) is 13.2. The summed E-state index contributed by atoms with van der Waals surface area (Å²) in [6.45, 7) is 0.261. The molecular weight excluding hydrogens is 358 g/mol. The van der Waals surface area contributed by atoms with Gasteiger partial charge in [0.15, 0.2) is 0 Å². The fraction of sp³-hybridized carbons (Fsp3) is 0.190. The second-order valence-electron chi connectivity index (χ2n) is 6.05. The summed E-state index contributed by atoms with van der Waals surface area (Å²) in [6.07, 6.45) is 0.618. The number of nitrogens with one attached hydrogen (secondary N) is 2. The molecule has 3 rings (SSSR count). The maximum atomic E-state index is 12.6. The molecular formula is C21H19N3O2S. The molecule has 6 heteroatoms. The zero-order valence-electron chi connectivity index (χ0n) is 14.6. The van der Waals surface area contributed by atoms with Crippen molar-refractivity contribution in [2.75, 3.05) is 6.54 Å². The Labute approximate surface area is 161 Å². The summed E-state index contributed by atoms with van der Waals surface area (Å²) in [5.41, 5.74) is 1.52. The molecule has 2 aromatic carbocycles. The predicted octanol–water partition coefficient (Wildman–Crippen LogP) is 3.27. The van der Waals surface area contributed by atoms with Gasteiger partial charge in [0.2, 0.25) is 5.91 Å². The van der Waals surface area contributed by atoms with Crippen molar-refractivity contribution in [3.05, 3.63) is 71.1 Å². The molecule has 2 N–H and O–H groups in total. The molecule has 0 spiro atoms. The van der Waals surface area contributed by atoms with Crippen molar-refractivity contribution in [1.29, 1.82) is 5.26 Å². The van der Waals surface area contributed by atoms with Crippen LogP contribution in [-0.2, 0) is 11.2 Å². The van der Waals surface area contributed by atoms with E-state index in [2.05, 4.69) is 10.6 Å². The number of benzene rings is 2. The van der Waals surface area contributed by atoms with Gasteiger partial charge in [-0.2, -0.15) is 5.26 Å². The van der Waals surface area contributed by atoms with Crippen molar-refractivity contribution in [2.45, 2.75) is 18.9 Å². The monoisotopic (exact) mass is 377 g/mol. The normalized spacial score (nSPS) is 11.5. The Hall–Kier alpha value is -3.17. The zero-order chi connectivity index (χ0) is 19.1. The summed E-state index contributed by atoms with van der Waals surface area (Å²) >= 11 is 1.62. The number of thiophene rings is 1. The fourth-order valence-corrected chi connectivity index (χ4v) is 3.79. The van der Waals surface area contributed by atoms with Gasteiger partial charge in [-0.3, -0.25) is 9.59 Å². The van der Waals surface area contributed by atoms with Crippen LogP contribution in [0.3, 0.4) is 0 Å². The van der Waals surface area contributed by atoms with Crippen LogP contribution >= 0.6 is 11.3 Å². The van der Waals surface area contributed by atoms with E-state index in [4.69, 9.17) is 5.26 Å². The average Bonchev–Trinajstić information content (AvgIpc) is 3.11. The topological polar surface area (TPSA) is 82.0 Å². The molecule has 5 nitrogen and oxygen atoms in total. The Morgan fingerprint density at radius 3 is 2.59 bits per heavy atom. The standard InChI is InChI=1S/C21H19N3O2S/c22-11-6-12-23-21(26)18(24-20(25)15-7-2-1-3-8-15)13-16-14-27-19-10-5-4-9-17(16)19/h1-5,7-10,14,18H,6,12-13H2,(H,23,26)(H,24,25). The lowest BCUT2D eigenvalue weighted by Gasteiger charge is -2.18. The van der Waals surface area contributed by atoms with Gasteiger partial charge in [0.25, 0.3) is 5.91 Å². The molecule has 136 valence electrons. The number of rotatable bonds is 7. The van der Waals surface area contributed by atoms with Gasteiger partial charge < -0.3 is 10.6 Å². The van der Waals surface area contributed by atoms with Crippen LogP contribution in [0.4, 0.5) is 0 Å². The summed E-state index contributed by atoms with van der Waals surface area (Å²) in [4.78, 5) is 25.2. The lowest BCUT2D eigenvalue weighted by Crippen LogP contribution is -2.48. The van der Waals surface area contributed by atoms with E-state index in [1.807, 2.05) is 41.8 Å². The van der Waals surface area contributed by atoms with Gasteiger partial charge in [-0.05, 0) is 34.5 Å². The Balaban J connectivity index is 1.80. The fourth-order valence-electron chi connectivity index (χ4n) is 2.82. The molecule has 0 aliphatic rings. The van der Waals surface area contributed by atoms with E-state index in [9.17, 15) is 9.59 Å². The molecule has 3 aromatic rings. The van der Waals surface area contributed by atoms with Crippen LogP contribution in [0.15, 0.2) is 60.0 Å². The van der Waals surface area contributed by atoms with Crippen molar-refractivity contribution >= 4 is 33.2 Å². The number of carbonyl (C=O) groups is 2. The molecule has 0 fully saturated rings. The molecule has 27 heavy (non-hydrogen) atoms. The zero-order valence-corrected chi connectivity index (χ0v) is 15.5. The van der Waals surface area contributed by atoms with Crippen LogP contribution in [-0.4, -0.2) is 24.4 Å². The molecule has 1 atom stereocenters. The number of nitrogens with zero attached hydrogens (tertiary/aromatic N) is 1. The molecule has 0 saturated heterocycles. The first kappa shape index (κ1) is 18.6. The van der Waals surface area contributed by atoms with Gasteiger partial charge in [-0.15, -0.1) is 11.3 Å². The molecule has 1 unspecified atom stereocenters. The third-order valence-corrected chi connectivity index (χ3v) is 5.19. The van der Waals surface area contributed by atoms with E-state index in [1.165, 1.54) is 0 Å². The van der Waals surface area contributed by atoms with Gasteiger partial charge in [0.05, 0.1) is 12.5 Å². The Bertz CT molecular complexity index is 976. The van der Waals surface area contributed by atoms with Crippen LogP contribution < -0.4 is 10.6 Å². The smallest absolute Gasteiger partial charge is 0.251 e. The van der Waals surface area contributed by atoms with Crippen LogP contribution in [0.2, 0.25) is 0 Å². The van der Waals surface area contributed by atoms with Gasteiger partial charge in [-0.1, -0.05) is 36.4 Å². The SMILES string of the molecule is N#CCCNC(=O)C(Cc1csc2ccccc12)NC(=O)c1ccccc1. The molecule has 0 aliphatic carbocycles. The van der Waals surface area contributed by atoms with Crippen LogP contribution in [0.5, 0.6) is 0 Å². The minimum absolute atomic E-state index is 0.229. The lowest BCUT2D eigenvalue weighted by atomic mass is 10.0. The second kappa shape index (κ2) is 8.97. The van der Waals surface area contributed by atoms with Crippen LogP contribution in [0.25, 0.3) is 10.1 Å². The first-order valence-corrected chi connectivity index (χ1v) is 9.52. The van der Waals surface area contributed by atoms with Gasteiger partial charge in [0, 0.05) is 23.2 Å². The van der Waals surface area contributed by atoms with E-state index in [1.54, 1.807) is 35.6 Å². The maximum absolute atomic E-state index is 12.6. The van der Waals surface area contributed by atoms with Gasteiger partial charge >= 0.3 is 0 Å². The van der Waals surface area contributed by atoms with Crippen LogP contribution in [0, 0.1) is 11.3 Å². The van der Waals surface area contributed by atoms with Crippen LogP contribution in [0.1, 0.15) is 22.3 Å². The summed E-state index contributed by atoms with van der Waals surface area (Å²) < 4.78 is 1.14. The summed E-state index contributed by atoms with van der Waals surface area (Å²) in [5, 5.41) is 17.3. The highest BCUT2D eigenvalue weighted by molar-refractivity contribution is 7.17. The van der Waals surface area contributed by atoms with Crippen molar-refractivity contribution < 1.29 is 9.59 Å². The third kappa shape index (κ3) is 4.72. The average molecular weight is 377 g/mol. The second-order valence-corrected chi connectivity index (χ2v) is 6.96. The van der Waals surface area contributed by atoms with Crippen molar-refractivity contribution in [3.63, 3.8) is 0 Å². The van der Waals surface area contributed by atoms with E-state index in [0.29, 0.717) is 12.0 Å². The summed E-state index contributed by atoms with van der Waals surface area (Å²) in [7, 11) is 0. The predicted molar refractivity (Wildman–Crippen MR) is 106 cm³/mol. The van der Waals surface area contributed by atoms with E-state index < -0.39 is 6.04 Å². The maximum Gasteiger partial charge on any atom is 0.251 e. The van der Waals surface area contributed by atoms with Crippen molar-refractivity contribution in [1.82, 2.24) is 10.6 Å². The van der Waals surface area contributed by atoms with E-state index in [-0.39, 0.29) is 24.8 Å². The number of fused-ring (bicyclic) bond motifs is 1. The Morgan fingerprint density at radius 1 is 1.07 bits per heavy atom. The molecule has 1 heterocycles. The molecule has 1 aromatic heterocycles. The molecule has 0 saturated carbocycles. The highest BCUT2D eigenvalue weighted by Gasteiger charge is 2.23. The molecule has 0 radical (unpaired) electrons. The van der Waals surface area contributed by atoms with E-state index in [0.717, 1.165) is 15.6 Å². The number of carbonyl (C=O) groups excluding carboxylic acids is 2. The van der Waals surface area contributed by atoms with Gasteiger partial charge in [0.1, 0.15) is 6.04 Å². The quantitative estimate of drug-likeness (QED) is 0.620. The minimum Gasteiger partial charge on any atom is -0.353 e. The summed E-state index contributed by atoms with van der Waals surface area (Å²) in [5.74, 6) is -0.583. The van der Waals surface area contributed by atoms with Gasteiger partial charge in [-0.25, -0.2) is 0 Å². The summed E-state index contributed by atoms with van der Waals surface area (Å²) in [6, 6.07) is 18.1. The molecule has 0 aliphatic heterocycles. The Morgan fingerprint density at radius 2 is 1.81 bits per heavy atom. The molecule has 0 bridgehead atoms. The number of nitriles is 1. The minimum atomic E-state index is -0.714. The third-order valence-electron chi connectivity index (χ3n) is 4.18. The first-order valence-electron chi connectivity index (χ1n) is 8.64. The number of hydrogen-bond acceptors (Lipinski definition) is 4. The van der Waals surface area contributed by atoms with Crippen molar-refractivity contribution in [3.8, 4) is 6.07 Å². The Kier molecular flexibility index (Phi) is 6.18. The van der Waals surface area contributed by atoms with Crippen molar-refractivity contribution in [2.24, 2.45) is 0 Å².